The summed E-state index contributed by atoms with van der Waals surface area (Å²) in [6, 6.07) is 3.94. The van der Waals surface area contributed by atoms with Crippen LogP contribution < -0.4 is 5.32 Å². The van der Waals surface area contributed by atoms with Crippen molar-refractivity contribution in [1.29, 1.82) is 0 Å². The molecule has 1 fully saturated rings. The second kappa shape index (κ2) is 4.85. The molecule has 0 radical (unpaired) electrons. The lowest BCUT2D eigenvalue weighted by Crippen LogP contribution is -2.53. The predicted octanol–water partition coefficient (Wildman–Crippen LogP) is 1.37. The van der Waals surface area contributed by atoms with Gasteiger partial charge < -0.3 is 9.73 Å². The van der Waals surface area contributed by atoms with Crippen LogP contribution in [0.1, 0.15) is 19.6 Å². The van der Waals surface area contributed by atoms with Gasteiger partial charge in [-0.2, -0.15) is 0 Å². The van der Waals surface area contributed by atoms with Crippen LogP contribution in [0.25, 0.3) is 0 Å². The van der Waals surface area contributed by atoms with Crippen LogP contribution in [0.4, 0.5) is 5.88 Å². The Morgan fingerprint density at radius 2 is 2.35 bits per heavy atom. The molecule has 0 spiro atoms. The first kappa shape index (κ1) is 12.1. The molecule has 0 aromatic carbocycles. The molecule has 17 heavy (non-hydrogen) atoms. The van der Waals surface area contributed by atoms with Gasteiger partial charge in [0.25, 0.3) is 0 Å². The van der Waals surface area contributed by atoms with Crippen LogP contribution in [0.5, 0.6) is 0 Å². The Hall–Kier alpha value is -1.40. The van der Waals surface area contributed by atoms with E-state index in [4.69, 9.17) is 4.42 Å². The summed E-state index contributed by atoms with van der Waals surface area (Å²) in [7, 11) is 0. The van der Waals surface area contributed by atoms with Crippen molar-refractivity contribution in [2.24, 2.45) is 0 Å². The molecule has 94 valence electrons. The number of nitro groups is 1. The lowest BCUT2D eigenvalue weighted by molar-refractivity contribution is -0.402. The minimum atomic E-state index is -0.507. The summed E-state index contributed by atoms with van der Waals surface area (Å²) < 4.78 is 5.17. The average molecular weight is 239 g/mol. The van der Waals surface area contributed by atoms with Gasteiger partial charge in [0.1, 0.15) is 10.7 Å². The molecule has 6 heteroatoms. The first-order chi connectivity index (χ1) is 8.06. The summed E-state index contributed by atoms with van der Waals surface area (Å²) in [5, 5.41) is 13.9. The quantitative estimate of drug-likeness (QED) is 0.637. The lowest BCUT2D eigenvalue weighted by Gasteiger charge is -2.36. The van der Waals surface area contributed by atoms with E-state index in [1.807, 2.05) is 0 Å². The van der Waals surface area contributed by atoms with Crippen molar-refractivity contribution < 1.29 is 9.34 Å². The molecule has 0 saturated carbocycles. The molecule has 2 heterocycles. The average Bonchev–Trinajstić information content (AvgIpc) is 2.72. The van der Waals surface area contributed by atoms with Gasteiger partial charge in [0.2, 0.25) is 0 Å². The van der Waals surface area contributed by atoms with Gasteiger partial charge in [-0.3, -0.25) is 15.0 Å². The Balaban J connectivity index is 2.01. The molecular formula is C11H17N3O3. The maximum absolute atomic E-state index is 10.5. The molecule has 2 unspecified atom stereocenters. The maximum atomic E-state index is 10.5. The van der Waals surface area contributed by atoms with Crippen molar-refractivity contribution in [3.8, 4) is 0 Å². The molecule has 6 nitrogen and oxygen atoms in total. The SMILES string of the molecule is CC1CN(Cc2ccc([N+](=O)[O-])o2)C(C)CN1. The second-order valence-corrected chi connectivity index (χ2v) is 4.58. The topological polar surface area (TPSA) is 71.5 Å². The zero-order chi connectivity index (χ0) is 12.4. The number of rotatable bonds is 3. The fourth-order valence-electron chi connectivity index (χ4n) is 2.07. The van der Waals surface area contributed by atoms with Crippen LogP contribution in [-0.2, 0) is 6.54 Å². The molecule has 1 saturated heterocycles. The Kier molecular flexibility index (Phi) is 3.44. The summed E-state index contributed by atoms with van der Waals surface area (Å²) in [5.41, 5.74) is 0. The van der Waals surface area contributed by atoms with Gasteiger partial charge in [0.05, 0.1) is 12.6 Å². The van der Waals surface area contributed by atoms with Gasteiger partial charge in [-0.1, -0.05) is 0 Å². The fourth-order valence-corrected chi connectivity index (χ4v) is 2.07. The molecular weight excluding hydrogens is 222 g/mol. The van der Waals surface area contributed by atoms with Gasteiger partial charge in [-0.25, -0.2) is 0 Å². The Labute approximate surface area is 99.7 Å². The van der Waals surface area contributed by atoms with E-state index in [-0.39, 0.29) is 5.88 Å². The first-order valence-corrected chi connectivity index (χ1v) is 5.77. The van der Waals surface area contributed by atoms with Crippen LogP contribution in [-0.4, -0.2) is 35.0 Å². The van der Waals surface area contributed by atoms with Gasteiger partial charge in [-0.15, -0.1) is 0 Å². The summed E-state index contributed by atoms with van der Waals surface area (Å²) in [4.78, 5) is 12.3. The molecule has 1 aromatic rings. The predicted molar refractivity (Wildman–Crippen MR) is 62.7 cm³/mol. The Bertz CT molecular complexity index is 404. The van der Waals surface area contributed by atoms with Crippen molar-refractivity contribution in [1.82, 2.24) is 10.2 Å². The van der Waals surface area contributed by atoms with E-state index < -0.39 is 4.92 Å². The van der Waals surface area contributed by atoms with Crippen molar-refractivity contribution in [2.75, 3.05) is 13.1 Å². The highest BCUT2D eigenvalue weighted by atomic mass is 16.6. The third-order valence-corrected chi connectivity index (χ3v) is 3.08. The van der Waals surface area contributed by atoms with E-state index in [1.54, 1.807) is 6.07 Å². The minimum Gasteiger partial charge on any atom is -0.404 e. The maximum Gasteiger partial charge on any atom is 0.433 e. The smallest absolute Gasteiger partial charge is 0.404 e. The third-order valence-electron chi connectivity index (χ3n) is 3.08. The van der Waals surface area contributed by atoms with E-state index in [0.717, 1.165) is 13.1 Å². The standard InChI is InChI=1S/C11H17N3O3/c1-8-6-13(9(2)5-12-8)7-10-3-4-11(17-10)14(15)16/h3-4,8-9,12H,5-7H2,1-2H3. The summed E-state index contributed by atoms with van der Waals surface area (Å²) >= 11 is 0. The van der Waals surface area contributed by atoms with Crippen molar-refractivity contribution in [2.45, 2.75) is 32.5 Å². The zero-order valence-electron chi connectivity index (χ0n) is 10.0. The van der Waals surface area contributed by atoms with Gasteiger partial charge in [0.15, 0.2) is 0 Å². The van der Waals surface area contributed by atoms with Crippen molar-refractivity contribution >= 4 is 5.88 Å². The van der Waals surface area contributed by atoms with Crippen LogP contribution in [0.15, 0.2) is 16.5 Å². The third kappa shape index (κ3) is 2.83. The number of nitrogens with zero attached hydrogens (tertiary/aromatic N) is 2. The molecule has 0 aliphatic carbocycles. The van der Waals surface area contributed by atoms with E-state index >= 15 is 0 Å². The Morgan fingerprint density at radius 1 is 1.59 bits per heavy atom. The van der Waals surface area contributed by atoms with E-state index in [2.05, 4.69) is 24.1 Å². The van der Waals surface area contributed by atoms with E-state index in [1.165, 1.54) is 6.07 Å². The second-order valence-electron chi connectivity index (χ2n) is 4.58. The van der Waals surface area contributed by atoms with E-state index in [0.29, 0.717) is 24.4 Å². The van der Waals surface area contributed by atoms with Crippen LogP contribution in [0.2, 0.25) is 0 Å². The lowest BCUT2D eigenvalue weighted by atomic mass is 10.1. The first-order valence-electron chi connectivity index (χ1n) is 5.77. The monoisotopic (exact) mass is 239 g/mol. The van der Waals surface area contributed by atoms with Crippen LogP contribution in [0.3, 0.4) is 0 Å². The summed E-state index contributed by atoms with van der Waals surface area (Å²) in [6.45, 7) is 6.75. The largest absolute Gasteiger partial charge is 0.433 e. The highest BCUT2D eigenvalue weighted by molar-refractivity contribution is 5.17. The number of hydrogen-bond donors (Lipinski definition) is 1. The number of furan rings is 1. The normalized spacial score (nSPS) is 26.0. The van der Waals surface area contributed by atoms with Crippen molar-refractivity contribution in [3.63, 3.8) is 0 Å². The number of piperazine rings is 1. The van der Waals surface area contributed by atoms with Gasteiger partial charge in [-0.05, 0) is 19.9 Å². The molecule has 1 N–H and O–H groups in total. The van der Waals surface area contributed by atoms with Gasteiger partial charge >= 0.3 is 5.88 Å². The molecule has 2 atom stereocenters. The van der Waals surface area contributed by atoms with Gasteiger partial charge in [0, 0.05) is 25.2 Å². The van der Waals surface area contributed by atoms with Crippen LogP contribution >= 0.6 is 0 Å². The summed E-state index contributed by atoms with van der Waals surface area (Å²) in [6.07, 6.45) is 0. The van der Waals surface area contributed by atoms with Crippen LogP contribution in [0, 0.1) is 10.1 Å². The molecule has 1 aliphatic rings. The highest BCUT2D eigenvalue weighted by Crippen LogP contribution is 2.19. The molecule has 1 aromatic heterocycles. The molecule has 1 aliphatic heterocycles. The van der Waals surface area contributed by atoms with Crippen molar-refractivity contribution in [3.05, 3.63) is 28.0 Å². The zero-order valence-corrected chi connectivity index (χ0v) is 10.0. The fraction of sp³-hybridized carbons (Fsp3) is 0.636. The minimum absolute atomic E-state index is 0.184. The summed E-state index contributed by atoms with van der Waals surface area (Å²) in [5.74, 6) is 0.466. The Morgan fingerprint density at radius 3 is 3.00 bits per heavy atom. The molecule has 0 amide bonds. The molecule has 2 rings (SSSR count). The highest BCUT2D eigenvalue weighted by Gasteiger charge is 2.24. The molecule has 0 bridgehead atoms. The number of hydrogen-bond acceptors (Lipinski definition) is 5. The number of nitrogens with one attached hydrogen (secondary N) is 1. The van der Waals surface area contributed by atoms with E-state index in [9.17, 15) is 10.1 Å².